The molecule has 0 aromatic heterocycles. The molecule has 0 unspecified atom stereocenters. The maximum absolute atomic E-state index is 12.9. The Morgan fingerprint density at radius 2 is 1.58 bits per heavy atom. The van der Waals surface area contributed by atoms with Gasteiger partial charge in [-0.2, -0.15) is 0 Å². The first kappa shape index (κ1) is 29.6. The van der Waals surface area contributed by atoms with Gasteiger partial charge in [0.1, 0.15) is 18.1 Å². The average Bonchev–Trinajstić information content (AvgIpc) is 2.77. The molecule has 6 nitrogen and oxygen atoms in total. The highest BCUT2D eigenvalue weighted by atomic mass is 28.3. The Kier molecular flexibility index (Phi) is 11.2. The largest absolute Gasteiger partial charge is 0.459 e. The van der Waals surface area contributed by atoms with Crippen molar-refractivity contribution in [3.05, 3.63) is 71.3 Å². The first-order valence-electron chi connectivity index (χ1n) is 12.7. The predicted octanol–water partition coefficient (Wildman–Crippen LogP) is 6.32. The molecular weight excluding hydrogens is 470 g/mol. The minimum atomic E-state index is -1.21. The van der Waals surface area contributed by atoms with Gasteiger partial charge in [-0.25, -0.2) is 4.79 Å². The van der Waals surface area contributed by atoms with Crippen LogP contribution in [0.3, 0.4) is 0 Å². The summed E-state index contributed by atoms with van der Waals surface area (Å²) in [6, 6.07) is 18.4. The van der Waals surface area contributed by atoms with Crippen molar-refractivity contribution in [1.29, 1.82) is 0 Å². The lowest BCUT2D eigenvalue weighted by Crippen LogP contribution is -2.34. The van der Waals surface area contributed by atoms with Crippen molar-refractivity contribution in [1.82, 2.24) is 5.32 Å². The number of hydrogen-bond donors (Lipinski definition) is 1. The lowest BCUT2D eigenvalue weighted by molar-refractivity contribution is -0.158. The summed E-state index contributed by atoms with van der Waals surface area (Å²) in [5.74, 6) is -0.761. The number of carbonyl (C=O) groups excluding carboxylic acids is 2. The third kappa shape index (κ3) is 11.9. The average molecular weight is 514 g/mol. The Labute approximate surface area is 217 Å². The van der Waals surface area contributed by atoms with Crippen LogP contribution in [0.2, 0.25) is 25.7 Å². The molecule has 2 atom stereocenters. The topological polar surface area (TPSA) is 73.9 Å². The summed E-state index contributed by atoms with van der Waals surface area (Å²) in [4.78, 5) is 25.1. The van der Waals surface area contributed by atoms with Crippen LogP contribution in [0.15, 0.2) is 54.6 Å². The summed E-state index contributed by atoms with van der Waals surface area (Å²) in [6.45, 7) is 15.6. The number of rotatable bonds is 12. The molecule has 1 N–H and O–H groups in total. The molecule has 1 amide bonds. The second-order valence-electron chi connectivity index (χ2n) is 11.5. The molecule has 0 heterocycles. The van der Waals surface area contributed by atoms with Crippen LogP contribution in [-0.2, 0) is 32.0 Å². The van der Waals surface area contributed by atoms with Crippen LogP contribution in [0.25, 0.3) is 0 Å². The zero-order valence-electron chi connectivity index (χ0n) is 22.9. The molecule has 2 rings (SSSR count). The van der Waals surface area contributed by atoms with Gasteiger partial charge in [0.2, 0.25) is 0 Å². The number of ether oxygens (including phenoxy) is 3. The fourth-order valence-electron chi connectivity index (χ4n) is 3.51. The second-order valence-corrected chi connectivity index (χ2v) is 17.1. The highest BCUT2D eigenvalue weighted by molar-refractivity contribution is 6.76. The molecule has 7 heteroatoms. The summed E-state index contributed by atoms with van der Waals surface area (Å²) < 4.78 is 16.9. The molecule has 0 fully saturated rings. The van der Waals surface area contributed by atoms with Gasteiger partial charge in [0.15, 0.2) is 0 Å². The summed E-state index contributed by atoms with van der Waals surface area (Å²) in [5.41, 5.74) is 2.30. The van der Waals surface area contributed by atoms with E-state index in [0.717, 1.165) is 22.7 Å². The van der Waals surface area contributed by atoms with E-state index in [0.29, 0.717) is 19.6 Å². The monoisotopic (exact) mass is 513 g/mol. The van der Waals surface area contributed by atoms with Crippen LogP contribution in [0.1, 0.15) is 50.3 Å². The van der Waals surface area contributed by atoms with E-state index < -0.39 is 25.7 Å². The van der Waals surface area contributed by atoms with E-state index in [-0.39, 0.29) is 18.6 Å². The predicted molar refractivity (Wildman–Crippen MR) is 147 cm³/mol. The highest BCUT2D eigenvalue weighted by Crippen LogP contribution is 2.23. The van der Waals surface area contributed by atoms with E-state index in [2.05, 4.69) is 25.0 Å². The molecular formula is C29H43NO5Si. The van der Waals surface area contributed by atoms with E-state index in [4.69, 9.17) is 14.2 Å². The first-order chi connectivity index (χ1) is 16.8. The Morgan fingerprint density at radius 1 is 0.944 bits per heavy atom. The molecule has 0 radical (unpaired) electrons. The Balaban J connectivity index is 1.94. The number of amides is 1. The number of alkyl carbamates (subject to hydrolysis) is 1. The van der Waals surface area contributed by atoms with E-state index in [1.807, 2.05) is 82.3 Å². The van der Waals surface area contributed by atoms with Gasteiger partial charge in [0, 0.05) is 20.7 Å². The van der Waals surface area contributed by atoms with Crippen molar-refractivity contribution < 1.29 is 23.8 Å². The third-order valence-electron chi connectivity index (χ3n) is 5.47. The van der Waals surface area contributed by atoms with Gasteiger partial charge < -0.3 is 19.5 Å². The molecule has 0 saturated carbocycles. The van der Waals surface area contributed by atoms with Crippen molar-refractivity contribution in [2.45, 2.75) is 84.0 Å². The zero-order valence-corrected chi connectivity index (χ0v) is 23.9. The van der Waals surface area contributed by atoms with Gasteiger partial charge in [-0.05, 0) is 56.9 Å². The lowest BCUT2D eigenvalue weighted by atomic mass is 9.97. The first-order valence-corrected chi connectivity index (χ1v) is 16.4. The number of nitrogens with one attached hydrogen (secondary N) is 1. The quantitative estimate of drug-likeness (QED) is 0.204. The van der Waals surface area contributed by atoms with Crippen LogP contribution >= 0.6 is 0 Å². The minimum absolute atomic E-state index is 0.106. The van der Waals surface area contributed by atoms with Gasteiger partial charge in [0.25, 0.3) is 0 Å². The van der Waals surface area contributed by atoms with Gasteiger partial charge in [-0.3, -0.25) is 4.79 Å². The number of esters is 1. The van der Waals surface area contributed by atoms with Crippen LogP contribution in [0.5, 0.6) is 0 Å². The van der Waals surface area contributed by atoms with Crippen molar-refractivity contribution >= 4 is 20.1 Å². The Bertz CT molecular complexity index is 948. The highest BCUT2D eigenvalue weighted by Gasteiger charge is 2.27. The smallest absolute Gasteiger partial charge is 0.407 e. The van der Waals surface area contributed by atoms with Gasteiger partial charge in [-0.1, -0.05) is 74.2 Å². The van der Waals surface area contributed by atoms with Crippen molar-refractivity contribution in [3.63, 3.8) is 0 Å². The fourth-order valence-corrected chi connectivity index (χ4v) is 4.27. The second kappa shape index (κ2) is 13.6. The van der Waals surface area contributed by atoms with Gasteiger partial charge in [-0.15, -0.1) is 0 Å². The van der Waals surface area contributed by atoms with Crippen molar-refractivity contribution in [2.75, 3.05) is 13.2 Å². The number of carbonyl (C=O) groups is 2. The summed E-state index contributed by atoms with van der Waals surface area (Å²) in [7, 11) is -1.21. The molecule has 0 spiro atoms. The van der Waals surface area contributed by atoms with Crippen LogP contribution in [0, 0.1) is 0 Å². The maximum Gasteiger partial charge on any atom is 0.407 e. The molecule has 2 aromatic rings. The van der Waals surface area contributed by atoms with Gasteiger partial charge in [0.05, 0.1) is 6.61 Å². The molecule has 2 aromatic carbocycles. The van der Waals surface area contributed by atoms with Crippen LogP contribution in [0.4, 0.5) is 4.79 Å². The SMILES string of the molecule is C[C@H](Cc1ccc([C@@H](COCC[Si](C)(C)C)C(=O)OC(C)(C)C)cc1)NC(=O)OCc1ccccc1. The van der Waals surface area contributed by atoms with Gasteiger partial charge >= 0.3 is 12.1 Å². The normalized spacial score (nSPS) is 13.5. The zero-order chi connectivity index (χ0) is 26.8. The number of benzene rings is 2. The standard InChI is InChI=1S/C29H43NO5Si/c1-22(30-28(32)34-20-24-11-9-8-10-12-24)19-23-13-15-25(16-14-23)26(27(31)35-29(2,3)4)21-33-17-18-36(5,6)7/h8-16,22,26H,17-21H2,1-7H3,(H,30,32)/t22-,26-/m1/s1. The van der Waals surface area contributed by atoms with E-state index in [1.54, 1.807) is 0 Å². The summed E-state index contributed by atoms with van der Waals surface area (Å²) in [5, 5.41) is 2.87. The van der Waals surface area contributed by atoms with E-state index in [9.17, 15) is 9.59 Å². The summed E-state index contributed by atoms with van der Waals surface area (Å²) >= 11 is 0. The minimum Gasteiger partial charge on any atom is -0.459 e. The Morgan fingerprint density at radius 3 is 2.17 bits per heavy atom. The Hall–Kier alpha value is -2.64. The lowest BCUT2D eigenvalue weighted by Gasteiger charge is -2.25. The van der Waals surface area contributed by atoms with Crippen molar-refractivity contribution in [3.8, 4) is 0 Å². The van der Waals surface area contributed by atoms with Crippen LogP contribution < -0.4 is 5.32 Å². The molecule has 0 bridgehead atoms. The molecule has 0 saturated heterocycles. The van der Waals surface area contributed by atoms with Crippen LogP contribution in [-0.4, -0.2) is 45.0 Å². The summed E-state index contributed by atoms with van der Waals surface area (Å²) in [6.07, 6.45) is 0.202. The molecule has 0 aliphatic carbocycles. The van der Waals surface area contributed by atoms with Crippen molar-refractivity contribution in [2.24, 2.45) is 0 Å². The van der Waals surface area contributed by atoms with E-state index >= 15 is 0 Å². The molecule has 0 aliphatic rings. The molecule has 0 aliphatic heterocycles. The molecule has 198 valence electrons. The fraction of sp³-hybridized carbons (Fsp3) is 0.517. The van der Waals surface area contributed by atoms with E-state index in [1.165, 1.54) is 0 Å². The maximum atomic E-state index is 12.9. The third-order valence-corrected chi connectivity index (χ3v) is 7.18. The number of hydrogen-bond acceptors (Lipinski definition) is 5. The molecule has 36 heavy (non-hydrogen) atoms.